The van der Waals surface area contributed by atoms with Crippen LogP contribution in [0.1, 0.15) is 53.1 Å². The van der Waals surface area contributed by atoms with E-state index in [1.165, 1.54) is 0 Å². The van der Waals surface area contributed by atoms with Crippen molar-refractivity contribution in [3.63, 3.8) is 0 Å². The maximum Gasteiger partial charge on any atom is 0.278 e. The highest BCUT2D eigenvalue weighted by atomic mass is 16.5. The molecule has 0 spiro atoms. The molecule has 1 aromatic carbocycles. The van der Waals surface area contributed by atoms with Crippen LogP contribution < -0.4 is 4.74 Å². The number of benzene rings is 1. The molecule has 0 unspecified atom stereocenters. The lowest BCUT2D eigenvalue weighted by Crippen LogP contribution is -2.26. The fourth-order valence-electron chi connectivity index (χ4n) is 3.64. The maximum absolute atomic E-state index is 13.1. The average Bonchev–Trinajstić information content (AvgIpc) is 3.14. The van der Waals surface area contributed by atoms with E-state index in [1.54, 1.807) is 15.6 Å². The Bertz CT molecular complexity index is 1050. The summed E-state index contributed by atoms with van der Waals surface area (Å²) in [5, 5.41) is 8.66. The Morgan fingerprint density at radius 1 is 1.29 bits per heavy atom. The number of aryl methyl sites for hydroxylation is 1. The van der Waals surface area contributed by atoms with Crippen LogP contribution in [0.25, 0.3) is 11.6 Å². The molecule has 2 aliphatic rings. The molecule has 0 N–H and O–H groups in total. The molecule has 8 nitrogen and oxygen atoms in total. The summed E-state index contributed by atoms with van der Waals surface area (Å²) in [6.07, 6.45) is 2.22. The lowest BCUT2D eigenvalue weighted by molar-refractivity contribution is 0.0744. The van der Waals surface area contributed by atoms with E-state index in [2.05, 4.69) is 15.2 Å². The summed E-state index contributed by atoms with van der Waals surface area (Å²) < 4.78 is 12.9. The monoisotopic (exact) mass is 379 g/mol. The van der Waals surface area contributed by atoms with Gasteiger partial charge in [-0.3, -0.25) is 9.48 Å². The van der Waals surface area contributed by atoms with E-state index < -0.39 is 0 Å². The maximum atomic E-state index is 13.1. The van der Waals surface area contributed by atoms with E-state index in [0.29, 0.717) is 48.5 Å². The lowest BCUT2D eigenvalue weighted by Gasteiger charge is -2.18. The molecule has 5 rings (SSSR count). The van der Waals surface area contributed by atoms with Crippen molar-refractivity contribution in [3.05, 3.63) is 46.9 Å². The molecule has 0 saturated heterocycles. The van der Waals surface area contributed by atoms with Gasteiger partial charge in [0.1, 0.15) is 5.75 Å². The molecule has 3 aromatic rings. The van der Waals surface area contributed by atoms with Crippen LogP contribution in [0, 0.1) is 0 Å². The molecule has 2 aromatic heterocycles. The van der Waals surface area contributed by atoms with Gasteiger partial charge in [-0.25, -0.2) is 0 Å². The summed E-state index contributed by atoms with van der Waals surface area (Å²) >= 11 is 0. The minimum atomic E-state index is -0.0598. The predicted octanol–water partition coefficient (Wildman–Crippen LogP) is 2.90. The summed E-state index contributed by atoms with van der Waals surface area (Å²) in [6, 6.07) is 7.35. The van der Waals surface area contributed by atoms with E-state index in [4.69, 9.17) is 9.26 Å². The van der Waals surface area contributed by atoms with E-state index >= 15 is 0 Å². The number of ether oxygens (including phenoxy) is 1. The third kappa shape index (κ3) is 2.76. The summed E-state index contributed by atoms with van der Waals surface area (Å²) in [5.74, 6) is 2.15. The van der Waals surface area contributed by atoms with E-state index in [0.717, 1.165) is 29.9 Å². The van der Waals surface area contributed by atoms with Gasteiger partial charge in [0.05, 0.1) is 31.0 Å². The summed E-state index contributed by atoms with van der Waals surface area (Å²) in [5.41, 5.74) is 3.20. The number of amides is 1. The first kappa shape index (κ1) is 17.0. The van der Waals surface area contributed by atoms with Crippen LogP contribution in [0.15, 0.2) is 28.8 Å². The Morgan fingerprint density at radius 2 is 2.11 bits per heavy atom. The van der Waals surface area contributed by atoms with E-state index in [-0.39, 0.29) is 5.91 Å². The van der Waals surface area contributed by atoms with Crippen LogP contribution >= 0.6 is 0 Å². The third-order valence-electron chi connectivity index (χ3n) is 5.26. The van der Waals surface area contributed by atoms with Gasteiger partial charge in [-0.2, -0.15) is 10.1 Å². The highest BCUT2D eigenvalue weighted by Crippen LogP contribution is 2.40. The van der Waals surface area contributed by atoms with Gasteiger partial charge in [0.15, 0.2) is 11.5 Å². The number of hydrogen-bond acceptors (Lipinski definition) is 6. The smallest absolute Gasteiger partial charge is 0.278 e. The van der Waals surface area contributed by atoms with Crippen LogP contribution in [0.3, 0.4) is 0 Å². The average molecular weight is 379 g/mol. The molecule has 1 aliphatic carbocycles. The molecule has 8 heteroatoms. The van der Waals surface area contributed by atoms with Gasteiger partial charge in [-0.1, -0.05) is 17.3 Å². The number of nitrogens with zero attached hydrogens (tertiary/aromatic N) is 5. The van der Waals surface area contributed by atoms with Gasteiger partial charge < -0.3 is 14.2 Å². The fraction of sp³-hybridized carbons (Fsp3) is 0.400. The van der Waals surface area contributed by atoms with Crippen molar-refractivity contribution < 1.29 is 14.1 Å². The Kier molecular flexibility index (Phi) is 3.92. The first-order valence-electron chi connectivity index (χ1n) is 9.55. The molecule has 1 amide bonds. The topological polar surface area (TPSA) is 86.3 Å². The van der Waals surface area contributed by atoms with E-state index in [1.807, 2.05) is 32.2 Å². The zero-order chi connectivity index (χ0) is 19.3. The Labute approximate surface area is 162 Å². The lowest BCUT2D eigenvalue weighted by atomic mass is 10.1. The van der Waals surface area contributed by atoms with Gasteiger partial charge in [0.2, 0.25) is 0 Å². The van der Waals surface area contributed by atoms with Crippen molar-refractivity contribution in [2.75, 3.05) is 6.61 Å². The Morgan fingerprint density at radius 3 is 2.89 bits per heavy atom. The van der Waals surface area contributed by atoms with Gasteiger partial charge in [-0.15, -0.1) is 0 Å². The summed E-state index contributed by atoms with van der Waals surface area (Å²) in [4.78, 5) is 19.5. The molecule has 28 heavy (non-hydrogen) atoms. The normalized spacial score (nSPS) is 15.7. The zero-order valence-electron chi connectivity index (χ0n) is 15.9. The highest BCUT2D eigenvalue weighted by Gasteiger charge is 2.35. The van der Waals surface area contributed by atoms with Crippen molar-refractivity contribution in [3.8, 4) is 17.3 Å². The Hall–Kier alpha value is -3.16. The van der Waals surface area contributed by atoms with Gasteiger partial charge in [-0.05, 0) is 31.9 Å². The number of para-hydroxylation sites is 1. The van der Waals surface area contributed by atoms with Crippen LogP contribution in [-0.2, 0) is 20.1 Å². The number of rotatable bonds is 5. The van der Waals surface area contributed by atoms with Crippen molar-refractivity contribution in [1.29, 1.82) is 0 Å². The Balaban J connectivity index is 1.43. The molecule has 0 radical (unpaired) electrons. The van der Waals surface area contributed by atoms with Crippen LogP contribution in [0.2, 0.25) is 0 Å². The summed E-state index contributed by atoms with van der Waals surface area (Å²) in [6.45, 7) is 3.37. The molecule has 1 saturated carbocycles. The van der Waals surface area contributed by atoms with Crippen LogP contribution in [0.4, 0.5) is 0 Å². The van der Waals surface area contributed by atoms with E-state index in [9.17, 15) is 4.79 Å². The molecule has 1 fully saturated rings. The number of carbonyl (C=O) groups is 1. The van der Waals surface area contributed by atoms with Crippen molar-refractivity contribution in [2.45, 2.75) is 38.8 Å². The number of fused-ring (bicyclic) bond motifs is 1. The molecular formula is C20H21N5O3. The van der Waals surface area contributed by atoms with Crippen molar-refractivity contribution in [2.24, 2.45) is 7.05 Å². The zero-order valence-corrected chi connectivity index (χ0v) is 15.9. The van der Waals surface area contributed by atoms with Crippen LogP contribution in [0.5, 0.6) is 5.75 Å². The van der Waals surface area contributed by atoms with Gasteiger partial charge in [0, 0.05) is 18.5 Å². The minimum absolute atomic E-state index is 0.0598. The molecular weight excluding hydrogens is 358 g/mol. The standard InChI is InChI=1S/C20H21N5O3/c1-3-27-16-7-5-4-6-13(16)20(26)25-10-14-15(11-25)24(2)22-17(14)19-21-18(23-28-19)12-8-9-12/h4-7,12H,3,8-11H2,1-2H3. The number of aromatic nitrogens is 4. The van der Waals surface area contributed by atoms with Crippen molar-refractivity contribution >= 4 is 5.91 Å². The first-order valence-corrected chi connectivity index (χ1v) is 9.55. The van der Waals surface area contributed by atoms with Crippen molar-refractivity contribution in [1.82, 2.24) is 24.8 Å². The summed E-state index contributed by atoms with van der Waals surface area (Å²) in [7, 11) is 1.88. The van der Waals surface area contributed by atoms with Gasteiger partial charge in [0.25, 0.3) is 11.8 Å². The van der Waals surface area contributed by atoms with Crippen LogP contribution in [-0.4, -0.2) is 37.3 Å². The first-order chi connectivity index (χ1) is 13.7. The third-order valence-corrected chi connectivity index (χ3v) is 5.26. The number of carbonyl (C=O) groups excluding carboxylic acids is 1. The minimum Gasteiger partial charge on any atom is -0.493 e. The predicted molar refractivity (Wildman–Crippen MR) is 99.7 cm³/mol. The largest absolute Gasteiger partial charge is 0.493 e. The molecule has 144 valence electrons. The second-order valence-electron chi connectivity index (χ2n) is 7.22. The second-order valence-corrected chi connectivity index (χ2v) is 7.22. The highest BCUT2D eigenvalue weighted by molar-refractivity contribution is 5.97. The quantitative estimate of drug-likeness (QED) is 0.677. The fourth-order valence-corrected chi connectivity index (χ4v) is 3.64. The molecule has 0 atom stereocenters. The second kappa shape index (κ2) is 6.47. The SMILES string of the molecule is CCOc1ccccc1C(=O)N1Cc2c(-c3nc(C4CC4)no3)nn(C)c2C1. The molecule has 3 heterocycles. The number of hydrogen-bond donors (Lipinski definition) is 0. The molecule has 0 bridgehead atoms. The molecule has 1 aliphatic heterocycles. The van der Waals surface area contributed by atoms with Gasteiger partial charge >= 0.3 is 0 Å².